The number of benzene rings is 2. The van der Waals surface area contributed by atoms with Crippen molar-refractivity contribution in [1.29, 1.82) is 0 Å². The molecule has 2 heterocycles. The second-order valence-electron chi connectivity index (χ2n) is 7.92. The van der Waals surface area contributed by atoms with Crippen LogP contribution in [0.5, 0.6) is 17.2 Å². The molecular formula is C25H28N6O5. The van der Waals surface area contributed by atoms with Crippen LogP contribution in [-0.4, -0.2) is 47.2 Å². The summed E-state index contributed by atoms with van der Waals surface area (Å²) in [5.41, 5.74) is 9.27. The van der Waals surface area contributed by atoms with Gasteiger partial charge in [-0.25, -0.2) is 9.67 Å². The molecule has 11 heteroatoms. The molecule has 0 aliphatic heterocycles. The average Bonchev–Trinajstić information content (AvgIpc) is 3.45. The summed E-state index contributed by atoms with van der Waals surface area (Å²) in [6.45, 7) is 4.01. The van der Waals surface area contributed by atoms with Crippen molar-refractivity contribution in [2.24, 2.45) is 0 Å². The van der Waals surface area contributed by atoms with E-state index in [1.54, 1.807) is 19.1 Å². The van der Waals surface area contributed by atoms with Crippen LogP contribution >= 0.6 is 0 Å². The van der Waals surface area contributed by atoms with E-state index in [9.17, 15) is 4.79 Å². The number of rotatable bonds is 9. The van der Waals surface area contributed by atoms with E-state index in [-0.39, 0.29) is 18.1 Å². The summed E-state index contributed by atoms with van der Waals surface area (Å²) in [6, 6.07) is 11.1. The van der Waals surface area contributed by atoms with E-state index in [4.69, 9.17) is 24.4 Å². The Balaban J connectivity index is 1.55. The number of hydrogen-bond acceptors (Lipinski definition) is 9. The van der Waals surface area contributed by atoms with Crippen LogP contribution in [0.2, 0.25) is 0 Å². The summed E-state index contributed by atoms with van der Waals surface area (Å²) in [7, 11) is 4.61. The lowest BCUT2D eigenvalue weighted by Gasteiger charge is -2.12. The highest BCUT2D eigenvalue weighted by Gasteiger charge is 2.21. The number of carbonyl (C=O) groups excluding carboxylic acids is 1. The molecule has 2 aromatic heterocycles. The Hall–Kier alpha value is -4.54. The Morgan fingerprint density at radius 1 is 1.08 bits per heavy atom. The van der Waals surface area contributed by atoms with Crippen LogP contribution in [0.15, 0.2) is 40.8 Å². The monoisotopic (exact) mass is 492 g/mol. The summed E-state index contributed by atoms with van der Waals surface area (Å²) >= 11 is 0. The molecule has 0 bridgehead atoms. The Labute approximate surface area is 208 Å². The molecule has 0 saturated heterocycles. The molecular weight excluding hydrogens is 464 g/mol. The number of nitrogens with two attached hydrogens (primary N) is 1. The van der Waals surface area contributed by atoms with E-state index in [0.29, 0.717) is 45.8 Å². The van der Waals surface area contributed by atoms with Crippen LogP contribution in [0, 0.1) is 6.92 Å². The first-order valence-electron chi connectivity index (χ1n) is 11.2. The number of nitrogens with zero attached hydrogens (tertiary/aromatic N) is 4. The molecule has 4 aromatic rings. The van der Waals surface area contributed by atoms with E-state index < -0.39 is 5.91 Å². The van der Waals surface area contributed by atoms with Gasteiger partial charge in [0.05, 0.1) is 27.9 Å². The van der Waals surface area contributed by atoms with Gasteiger partial charge in [-0.1, -0.05) is 24.3 Å². The standard InChI is InChI=1S/C25H28N6O5/c1-6-15-7-9-17(10-8-15)27-24(32)21-23(26)31(30-29-21)13-18-14(2)36-25(28-18)16-11-19(33-3)22(35-5)20(12-16)34-4/h7-12H,6,13,26H2,1-5H3,(H,27,32). The van der Waals surface area contributed by atoms with Gasteiger partial charge in [0.15, 0.2) is 23.0 Å². The van der Waals surface area contributed by atoms with Gasteiger partial charge in [-0.15, -0.1) is 5.10 Å². The molecule has 0 spiro atoms. The van der Waals surface area contributed by atoms with Gasteiger partial charge < -0.3 is 29.7 Å². The maximum atomic E-state index is 12.7. The average molecular weight is 493 g/mol. The minimum absolute atomic E-state index is 0.0283. The summed E-state index contributed by atoms with van der Waals surface area (Å²) in [4.78, 5) is 17.3. The van der Waals surface area contributed by atoms with Crippen LogP contribution in [-0.2, 0) is 13.0 Å². The predicted molar refractivity (Wildman–Crippen MR) is 134 cm³/mol. The van der Waals surface area contributed by atoms with E-state index in [0.717, 1.165) is 6.42 Å². The highest BCUT2D eigenvalue weighted by atomic mass is 16.5. The van der Waals surface area contributed by atoms with E-state index in [2.05, 4.69) is 27.5 Å². The largest absolute Gasteiger partial charge is 0.493 e. The lowest BCUT2D eigenvalue weighted by atomic mass is 10.1. The number of nitrogen functional groups attached to an aromatic ring is 1. The Morgan fingerprint density at radius 3 is 2.33 bits per heavy atom. The summed E-state index contributed by atoms with van der Waals surface area (Å²) in [5, 5.41) is 10.8. The van der Waals surface area contributed by atoms with Crippen molar-refractivity contribution in [3.8, 4) is 28.7 Å². The fraction of sp³-hybridized carbons (Fsp3) is 0.280. The van der Waals surface area contributed by atoms with Crippen molar-refractivity contribution in [2.45, 2.75) is 26.8 Å². The number of nitrogens with one attached hydrogen (secondary N) is 1. The van der Waals surface area contributed by atoms with E-state index in [1.807, 2.05) is 24.3 Å². The lowest BCUT2D eigenvalue weighted by molar-refractivity contribution is 0.102. The molecule has 4 rings (SSSR count). The number of oxazole rings is 1. The van der Waals surface area contributed by atoms with Crippen LogP contribution in [0.3, 0.4) is 0 Å². The zero-order chi connectivity index (χ0) is 25.8. The van der Waals surface area contributed by atoms with Gasteiger partial charge in [-0.2, -0.15) is 0 Å². The number of hydrogen-bond donors (Lipinski definition) is 2. The summed E-state index contributed by atoms with van der Waals surface area (Å²) in [6.07, 6.45) is 0.915. The first kappa shape index (κ1) is 24.6. The number of ether oxygens (including phenoxy) is 3. The highest BCUT2D eigenvalue weighted by Crippen LogP contribution is 2.41. The number of carbonyl (C=O) groups is 1. The predicted octanol–water partition coefficient (Wildman–Crippen LogP) is 3.71. The van der Waals surface area contributed by atoms with Crippen LogP contribution in [0.1, 0.15) is 34.4 Å². The quantitative estimate of drug-likeness (QED) is 0.358. The van der Waals surface area contributed by atoms with Gasteiger partial charge in [-0.05, 0) is 43.2 Å². The van der Waals surface area contributed by atoms with Crippen molar-refractivity contribution in [3.05, 3.63) is 59.1 Å². The third-order valence-electron chi connectivity index (χ3n) is 5.71. The maximum Gasteiger partial charge on any atom is 0.280 e. The molecule has 1 amide bonds. The Morgan fingerprint density at radius 2 is 1.75 bits per heavy atom. The molecule has 0 saturated carbocycles. The molecule has 188 valence electrons. The van der Waals surface area contributed by atoms with Crippen molar-refractivity contribution in [3.63, 3.8) is 0 Å². The number of aromatic nitrogens is 4. The van der Waals surface area contributed by atoms with Gasteiger partial charge in [-0.3, -0.25) is 4.79 Å². The molecule has 0 aliphatic carbocycles. The van der Waals surface area contributed by atoms with Crippen molar-refractivity contribution < 1.29 is 23.4 Å². The number of methoxy groups -OCH3 is 3. The van der Waals surface area contributed by atoms with E-state index in [1.165, 1.54) is 31.6 Å². The normalized spacial score (nSPS) is 10.8. The van der Waals surface area contributed by atoms with Gasteiger partial charge in [0.25, 0.3) is 5.91 Å². The molecule has 2 aromatic carbocycles. The minimum atomic E-state index is -0.446. The molecule has 0 fully saturated rings. The van der Waals surface area contributed by atoms with Crippen molar-refractivity contribution in [1.82, 2.24) is 20.0 Å². The second-order valence-corrected chi connectivity index (χ2v) is 7.92. The van der Waals surface area contributed by atoms with Gasteiger partial charge in [0, 0.05) is 11.3 Å². The fourth-order valence-corrected chi connectivity index (χ4v) is 3.66. The smallest absolute Gasteiger partial charge is 0.280 e. The highest BCUT2D eigenvalue weighted by molar-refractivity contribution is 6.05. The van der Waals surface area contributed by atoms with Gasteiger partial charge >= 0.3 is 0 Å². The molecule has 3 N–H and O–H groups in total. The first-order valence-corrected chi connectivity index (χ1v) is 11.2. The van der Waals surface area contributed by atoms with E-state index >= 15 is 0 Å². The molecule has 0 aliphatic rings. The third kappa shape index (κ3) is 4.81. The second kappa shape index (κ2) is 10.4. The lowest BCUT2D eigenvalue weighted by Crippen LogP contribution is -2.15. The van der Waals surface area contributed by atoms with Gasteiger partial charge in [0.1, 0.15) is 11.5 Å². The third-order valence-corrected chi connectivity index (χ3v) is 5.71. The first-order chi connectivity index (χ1) is 17.4. The van der Waals surface area contributed by atoms with Crippen molar-refractivity contribution >= 4 is 17.4 Å². The maximum absolute atomic E-state index is 12.7. The molecule has 0 unspecified atom stereocenters. The number of amides is 1. The topological polar surface area (TPSA) is 140 Å². The zero-order valence-electron chi connectivity index (χ0n) is 20.8. The fourth-order valence-electron chi connectivity index (χ4n) is 3.66. The Bertz CT molecular complexity index is 1350. The Kier molecular flexibility index (Phi) is 7.09. The van der Waals surface area contributed by atoms with Crippen LogP contribution in [0.25, 0.3) is 11.5 Å². The minimum Gasteiger partial charge on any atom is -0.493 e. The molecule has 0 radical (unpaired) electrons. The summed E-state index contributed by atoms with van der Waals surface area (Å²) in [5.74, 6) is 2.02. The van der Waals surface area contributed by atoms with Crippen LogP contribution in [0.4, 0.5) is 11.5 Å². The van der Waals surface area contributed by atoms with Crippen LogP contribution < -0.4 is 25.3 Å². The SMILES string of the molecule is CCc1ccc(NC(=O)c2nnn(Cc3nc(-c4cc(OC)c(OC)c(OC)c4)oc3C)c2N)cc1. The summed E-state index contributed by atoms with van der Waals surface area (Å²) < 4.78 is 23.5. The zero-order valence-corrected chi connectivity index (χ0v) is 20.8. The number of aryl methyl sites for hydroxylation is 2. The molecule has 36 heavy (non-hydrogen) atoms. The molecule has 11 nitrogen and oxygen atoms in total. The van der Waals surface area contributed by atoms with Crippen molar-refractivity contribution in [2.75, 3.05) is 32.4 Å². The number of anilines is 2. The van der Waals surface area contributed by atoms with Gasteiger partial charge in [0.2, 0.25) is 11.6 Å². The molecule has 0 atom stereocenters.